The van der Waals surface area contributed by atoms with Gasteiger partial charge in [0.15, 0.2) is 0 Å². The summed E-state index contributed by atoms with van der Waals surface area (Å²) in [5.41, 5.74) is 4.94. The van der Waals surface area contributed by atoms with Crippen LogP contribution >= 0.6 is 0 Å². The van der Waals surface area contributed by atoms with E-state index >= 15 is 0 Å². The van der Waals surface area contributed by atoms with Crippen molar-refractivity contribution in [2.24, 2.45) is 11.7 Å². The van der Waals surface area contributed by atoms with Gasteiger partial charge in [-0.3, -0.25) is 0 Å². The van der Waals surface area contributed by atoms with Gasteiger partial charge in [-0.25, -0.2) is 4.39 Å². The van der Waals surface area contributed by atoms with Crippen molar-refractivity contribution in [2.75, 3.05) is 6.54 Å². The fourth-order valence-corrected chi connectivity index (χ4v) is 1.85. The van der Waals surface area contributed by atoms with Crippen LogP contribution in [-0.2, 0) is 5.60 Å². The van der Waals surface area contributed by atoms with E-state index in [1.165, 1.54) is 12.1 Å². The molecule has 4 heteroatoms. The molecule has 0 fully saturated rings. The monoisotopic (exact) mass is 237 g/mol. The molecule has 1 aromatic carbocycles. The maximum Gasteiger partial charge on any atom is 0.138 e. The number of fused-ring (bicyclic) bond motifs is 1. The van der Waals surface area contributed by atoms with E-state index in [1.54, 1.807) is 12.1 Å². The summed E-state index contributed by atoms with van der Waals surface area (Å²) in [6.07, 6.45) is 0. The van der Waals surface area contributed by atoms with E-state index in [9.17, 15) is 9.50 Å². The third-order valence-corrected chi connectivity index (χ3v) is 3.17. The molecular weight excluding hydrogens is 221 g/mol. The van der Waals surface area contributed by atoms with E-state index in [1.807, 2.05) is 13.8 Å². The number of benzene rings is 1. The van der Waals surface area contributed by atoms with Crippen molar-refractivity contribution < 1.29 is 13.9 Å². The van der Waals surface area contributed by atoms with Crippen molar-refractivity contribution in [3.05, 3.63) is 35.8 Å². The van der Waals surface area contributed by atoms with Crippen LogP contribution in [0.15, 0.2) is 28.7 Å². The van der Waals surface area contributed by atoms with Gasteiger partial charge in [-0.05, 0) is 30.2 Å². The standard InChI is InChI=1S/C13H16FNO2/c1-8(2)13(16,7-15)12-6-9-5-10(14)3-4-11(9)17-12/h3-6,8,16H,7,15H2,1-2H3. The number of rotatable bonds is 3. The molecule has 92 valence electrons. The van der Waals surface area contributed by atoms with Crippen LogP contribution in [0.2, 0.25) is 0 Å². The Morgan fingerprint density at radius 2 is 2.12 bits per heavy atom. The second kappa shape index (κ2) is 4.13. The Balaban J connectivity index is 2.56. The van der Waals surface area contributed by atoms with E-state index in [0.29, 0.717) is 16.7 Å². The predicted octanol–water partition coefficient (Wildman–Crippen LogP) is 2.37. The summed E-state index contributed by atoms with van der Waals surface area (Å²) in [6, 6.07) is 5.89. The Morgan fingerprint density at radius 3 is 2.71 bits per heavy atom. The van der Waals surface area contributed by atoms with Gasteiger partial charge in [0.25, 0.3) is 0 Å². The van der Waals surface area contributed by atoms with Crippen LogP contribution in [0.4, 0.5) is 4.39 Å². The smallest absolute Gasteiger partial charge is 0.138 e. The molecule has 3 N–H and O–H groups in total. The molecule has 0 saturated carbocycles. The molecule has 1 aromatic heterocycles. The summed E-state index contributed by atoms with van der Waals surface area (Å²) >= 11 is 0. The van der Waals surface area contributed by atoms with Gasteiger partial charge >= 0.3 is 0 Å². The number of nitrogens with two attached hydrogens (primary N) is 1. The zero-order valence-corrected chi connectivity index (χ0v) is 9.90. The van der Waals surface area contributed by atoms with Gasteiger partial charge in [0.05, 0.1) is 0 Å². The van der Waals surface area contributed by atoms with E-state index in [2.05, 4.69) is 0 Å². The molecule has 1 atom stereocenters. The predicted molar refractivity (Wildman–Crippen MR) is 64.0 cm³/mol. The highest BCUT2D eigenvalue weighted by Crippen LogP contribution is 2.33. The molecular formula is C13H16FNO2. The number of hydrogen-bond acceptors (Lipinski definition) is 3. The molecule has 0 saturated heterocycles. The lowest BCUT2D eigenvalue weighted by Gasteiger charge is -2.28. The highest BCUT2D eigenvalue weighted by atomic mass is 19.1. The molecule has 2 rings (SSSR count). The van der Waals surface area contributed by atoms with Crippen molar-refractivity contribution in [1.29, 1.82) is 0 Å². The molecule has 3 nitrogen and oxygen atoms in total. The molecule has 1 unspecified atom stereocenters. The lowest BCUT2D eigenvalue weighted by molar-refractivity contribution is -0.0194. The van der Waals surface area contributed by atoms with Gasteiger partial charge in [-0.1, -0.05) is 13.8 Å². The Bertz CT molecular complexity index is 535. The van der Waals surface area contributed by atoms with Gasteiger partial charge < -0.3 is 15.3 Å². The summed E-state index contributed by atoms with van der Waals surface area (Å²) in [4.78, 5) is 0. The summed E-state index contributed by atoms with van der Waals surface area (Å²) < 4.78 is 18.6. The second-order valence-corrected chi connectivity index (χ2v) is 4.58. The maximum absolute atomic E-state index is 13.1. The number of halogens is 1. The van der Waals surface area contributed by atoms with Crippen LogP contribution in [-0.4, -0.2) is 11.7 Å². The molecule has 17 heavy (non-hydrogen) atoms. The molecule has 0 aliphatic heterocycles. The van der Waals surface area contributed by atoms with Crippen LogP contribution < -0.4 is 5.73 Å². The Morgan fingerprint density at radius 1 is 1.41 bits per heavy atom. The number of furan rings is 1. The Kier molecular flexibility index (Phi) is 2.93. The topological polar surface area (TPSA) is 59.4 Å². The molecule has 2 aromatic rings. The van der Waals surface area contributed by atoms with Crippen LogP contribution in [0.5, 0.6) is 0 Å². The molecule has 0 spiro atoms. The highest BCUT2D eigenvalue weighted by Gasteiger charge is 2.35. The van der Waals surface area contributed by atoms with E-state index < -0.39 is 5.60 Å². The van der Waals surface area contributed by atoms with Crippen LogP contribution in [0, 0.1) is 11.7 Å². The first-order valence-corrected chi connectivity index (χ1v) is 5.59. The van der Waals surface area contributed by atoms with Crippen molar-refractivity contribution >= 4 is 11.0 Å². The zero-order chi connectivity index (χ0) is 12.6. The van der Waals surface area contributed by atoms with Crippen LogP contribution in [0.25, 0.3) is 11.0 Å². The lowest BCUT2D eigenvalue weighted by Crippen LogP contribution is -2.39. The summed E-state index contributed by atoms with van der Waals surface area (Å²) in [5.74, 6) is -0.0285. The van der Waals surface area contributed by atoms with E-state index in [4.69, 9.17) is 10.2 Å². The summed E-state index contributed by atoms with van der Waals surface area (Å²) in [7, 11) is 0. The second-order valence-electron chi connectivity index (χ2n) is 4.58. The van der Waals surface area contributed by atoms with Crippen molar-refractivity contribution in [3.8, 4) is 0 Å². The minimum absolute atomic E-state index is 0.0625. The van der Waals surface area contributed by atoms with Crippen molar-refractivity contribution in [3.63, 3.8) is 0 Å². The SMILES string of the molecule is CC(C)C(O)(CN)c1cc2cc(F)ccc2o1. The van der Waals surface area contributed by atoms with Crippen molar-refractivity contribution in [2.45, 2.75) is 19.4 Å². The minimum Gasteiger partial charge on any atom is -0.458 e. The molecule has 0 aliphatic rings. The average molecular weight is 237 g/mol. The lowest BCUT2D eigenvalue weighted by atomic mass is 9.88. The zero-order valence-electron chi connectivity index (χ0n) is 9.90. The molecule has 1 heterocycles. The van der Waals surface area contributed by atoms with Crippen molar-refractivity contribution in [1.82, 2.24) is 0 Å². The minimum atomic E-state index is -1.21. The molecule has 0 radical (unpaired) electrons. The average Bonchev–Trinajstić information content (AvgIpc) is 2.70. The first kappa shape index (κ1) is 12.1. The molecule has 0 amide bonds. The molecule has 0 aliphatic carbocycles. The third-order valence-electron chi connectivity index (χ3n) is 3.17. The number of aliphatic hydroxyl groups is 1. The van der Waals surface area contributed by atoms with Gasteiger partial charge in [0.2, 0.25) is 0 Å². The van der Waals surface area contributed by atoms with Crippen LogP contribution in [0.3, 0.4) is 0 Å². The van der Waals surface area contributed by atoms with Gasteiger partial charge in [-0.2, -0.15) is 0 Å². The highest BCUT2D eigenvalue weighted by molar-refractivity contribution is 5.78. The fourth-order valence-electron chi connectivity index (χ4n) is 1.85. The third kappa shape index (κ3) is 1.94. The largest absolute Gasteiger partial charge is 0.458 e. The van der Waals surface area contributed by atoms with Gasteiger partial charge in [0.1, 0.15) is 22.8 Å². The van der Waals surface area contributed by atoms with Crippen LogP contribution in [0.1, 0.15) is 19.6 Å². The van der Waals surface area contributed by atoms with E-state index in [0.717, 1.165) is 0 Å². The molecule has 0 bridgehead atoms. The van der Waals surface area contributed by atoms with Gasteiger partial charge in [-0.15, -0.1) is 0 Å². The number of hydrogen-bond donors (Lipinski definition) is 2. The Labute approximate surface area is 99.0 Å². The quantitative estimate of drug-likeness (QED) is 0.861. The normalized spacial score (nSPS) is 15.4. The fraction of sp³-hybridized carbons (Fsp3) is 0.385. The first-order chi connectivity index (χ1) is 7.97. The first-order valence-electron chi connectivity index (χ1n) is 5.59. The van der Waals surface area contributed by atoms with Gasteiger partial charge in [0, 0.05) is 11.9 Å². The summed E-state index contributed by atoms with van der Waals surface area (Å²) in [5, 5.41) is 11.1. The summed E-state index contributed by atoms with van der Waals surface area (Å²) in [6.45, 7) is 3.79. The maximum atomic E-state index is 13.1. The van der Waals surface area contributed by atoms with E-state index in [-0.39, 0.29) is 18.3 Å². The Hall–Kier alpha value is -1.39.